The van der Waals surface area contributed by atoms with Crippen LogP contribution in [-0.4, -0.2) is 25.9 Å². The normalized spacial score (nSPS) is 15.3. The molecule has 2 N–H and O–H groups in total. The molecule has 1 unspecified atom stereocenters. The van der Waals surface area contributed by atoms with Gasteiger partial charge in [0.25, 0.3) is 0 Å². The van der Waals surface area contributed by atoms with E-state index in [9.17, 15) is 9.59 Å². The maximum Gasteiger partial charge on any atom is 0.344 e. The van der Waals surface area contributed by atoms with Crippen molar-refractivity contribution in [3.05, 3.63) is 46.4 Å². The van der Waals surface area contributed by atoms with E-state index in [1.54, 1.807) is 4.57 Å². The quantitative estimate of drug-likeness (QED) is 0.761. The number of carbonyl (C=O) groups is 1. The smallest absolute Gasteiger partial charge is 0.344 e. The summed E-state index contributed by atoms with van der Waals surface area (Å²) in [5.74, 6) is -0.0286. The molecule has 3 rings (SSSR count). The van der Waals surface area contributed by atoms with Crippen LogP contribution in [0.4, 0.5) is 0 Å². The molecular weight excluding hydrogens is 312 g/mol. The second-order valence-corrected chi connectivity index (χ2v) is 6.80. The summed E-state index contributed by atoms with van der Waals surface area (Å²) < 4.78 is 1.68. The number of amides is 1. The van der Waals surface area contributed by atoms with E-state index < -0.39 is 0 Å². The van der Waals surface area contributed by atoms with Crippen molar-refractivity contribution in [1.29, 1.82) is 0 Å². The van der Waals surface area contributed by atoms with Crippen LogP contribution in [0.1, 0.15) is 37.8 Å². The monoisotopic (exact) mass is 332 g/mol. The topological polar surface area (TPSA) is 79.8 Å². The summed E-state index contributed by atoms with van der Waals surface area (Å²) in [5.41, 5.74) is 0.880. The number of H-pyrrole nitrogens is 1. The third-order valence-corrected chi connectivity index (χ3v) is 5.14. The summed E-state index contributed by atoms with van der Waals surface area (Å²) in [7, 11) is 0. The Bertz CT molecular complexity index is 721. The van der Waals surface area contributed by atoms with Crippen LogP contribution in [0.25, 0.3) is 0 Å². The lowest BCUT2D eigenvalue weighted by Crippen LogP contribution is -2.32. The molecule has 0 saturated heterocycles. The van der Waals surface area contributed by atoms with Gasteiger partial charge in [-0.1, -0.05) is 49.0 Å². The standard InChI is InChI=1S/C16H20N4O2S/c1-2-13(14(21)17-10-11-6-4-3-5-7-11)23-16-19-18-15(22)20(16)12-8-9-12/h3-7,12-13H,2,8-10H2,1H3,(H,17,21)(H,18,22). The van der Waals surface area contributed by atoms with Crippen molar-refractivity contribution in [3.8, 4) is 0 Å². The molecule has 2 aromatic rings. The number of aromatic amines is 1. The Morgan fingerprint density at radius 3 is 2.83 bits per heavy atom. The number of thioether (sulfide) groups is 1. The molecule has 1 aromatic heterocycles. The Balaban J connectivity index is 1.63. The van der Waals surface area contributed by atoms with E-state index in [2.05, 4.69) is 15.5 Å². The van der Waals surface area contributed by atoms with Crippen LogP contribution in [0.15, 0.2) is 40.3 Å². The first kappa shape index (κ1) is 15.9. The lowest BCUT2D eigenvalue weighted by Gasteiger charge is -2.14. The van der Waals surface area contributed by atoms with Crippen LogP contribution in [0.3, 0.4) is 0 Å². The van der Waals surface area contributed by atoms with Crippen molar-refractivity contribution >= 4 is 17.7 Å². The minimum absolute atomic E-state index is 0.0286. The van der Waals surface area contributed by atoms with Gasteiger partial charge >= 0.3 is 5.69 Å². The van der Waals surface area contributed by atoms with Gasteiger partial charge in [0.15, 0.2) is 5.16 Å². The second kappa shape index (κ2) is 7.04. The summed E-state index contributed by atoms with van der Waals surface area (Å²) in [6.07, 6.45) is 2.69. The minimum Gasteiger partial charge on any atom is -0.351 e. The van der Waals surface area contributed by atoms with Crippen molar-refractivity contribution in [1.82, 2.24) is 20.1 Å². The molecule has 122 valence electrons. The van der Waals surface area contributed by atoms with Crippen LogP contribution in [0.2, 0.25) is 0 Å². The van der Waals surface area contributed by atoms with Crippen molar-refractivity contribution in [2.75, 3.05) is 0 Å². The SMILES string of the molecule is CCC(Sc1n[nH]c(=O)n1C1CC1)C(=O)NCc1ccccc1. The highest BCUT2D eigenvalue weighted by Gasteiger charge is 2.30. The summed E-state index contributed by atoms with van der Waals surface area (Å²) in [4.78, 5) is 24.2. The van der Waals surface area contributed by atoms with Crippen molar-refractivity contribution in [2.45, 2.75) is 49.2 Å². The Labute approximate surface area is 138 Å². The molecule has 0 spiro atoms. The molecule has 0 aliphatic heterocycles. The summed E-state index contributed by atoms with van der Waals surface area (Å²) in [6.45, 7) is 2.47. The fourth-order valence-corrected chi connectivity index (χ4v) is 3.43. The molecule has 7 heteroatoms. The third-order valence-electron chi connectivity index (χ3n) is 3.80. The molecular formula is C16H20N4O2S. The predicted octanol–water partition coefficient (Wildman–Crippen LogP) is 2.09. The largest absolute Gasteiger partial charge is 0.351 e. The van der Waals surface area contributed by atoms with Gasteiger partial charge in [-0.3, -0.25) is 9.36 Å². The number of rotatable bonds is 7. The number of nitrogens with one attached hydrogen (secondary N) is 2. The van der Waals surface area contributed by atoms with E-state index in [-0.39, 0.29) is 22.9 Å². The van der Waals surface area contributed by atoms with E-state index in [0.717, 1.165) is 18.4 Å². The molecule has 23 heavy (non-hydrogen) atoms. The van der Waals surface area contributed by atoms with Gasteiger partial charge in [-0.2, -0.15) is 0 Å². The number of aromatic nitrogens is 3. The zero-order valence-electron chi connectivity index (χ0n) is 13.0. The second-order valence-electron chi connectivity index (χ2n) is 5.63. The highest BCUT2D eigenvalue weighted by molar-refractivity contribution is 8.00. The Kier molecular flexibility index (Phi) is 4.85. The summed E-state index contributed by atoms with van der Waals surface area (Å²) >= 11 is 1.36. The molecule has 0 bridgehead atoms. The van der Waals surface area contributed by atoms with Crippen molar-refractivity contribution in [3.63, 3.8) is 0 Å². The van der Waals surface area contributed by atoms with Gasteiger partial charge in [-0.15, -0.1) is 5.10 Å². The molecule has 1 amide bonds. The van der Waals surface area contributed by atoms with E-state index in [1.165, 1.54) is 11.8 Å². The average molecular weight is 332 g/mol. The van der Waals surface area contributed by atoms with E-state index in [4.69, 9.17) is 0 Å². The Morgan fingerprint density at radius 2 is 2.17 bits per heavy atom. The fraction of sp³-hybridized carbons (Fsp3) is 0.438. The Morgan fingerprint density at radius 1 is 1.43 bits per heavy atom. The van der Waals surface area contributed by atoms with Gasteiger partial charge in [-0.25, -0.2) is 9.89 Å². The van der Waals surface area contributed by atoms with Crippen LogP contribution in [-0.2, 0) is 11.3 Å². The lowest BCUT2D eigenvalue weighted by molar-refractivity contribution is -0.120. The molecule has 0 radical (unpaired) electrons. The van der Waals surface area contributed by atoms with Gasteiger partial charge in [0.05, 0.1) is 5.25 Å². The molecule has 1 aliphatic rings. The van der Waals surface area contributed by atoms with E-state index in [0.29, 0.717) is 18.1 Å². The molecule has 1 fully saturated rings. The lowest BCUT2D eigenvalue weighted by atomic mass is 10.2. The average Bonchev–Trinajstić information content (AvgIpc) is 3.34. The zero-order valence-corrected chi connectivity index (χ0v) is 13.8. The number of hydrogen-bond donors (Lipinski definition) is 2. The van der Waals surface area contributed by atoms with E-state index >= 15 is 0 Å². The number of benzene rings is 1. The van der Waals surface area contributed by atoms with Gasteiger partial charge in [0, 0.05) is 12.6 Å². The predicted molar refractivity (Wildman–Crippen MR) is 89.3 cm³/mol. The van der Waals surface area contributed by atoms with Gasteiger partial charge in [0.1, 0.15) is 0 Å². The molecule has 1 atom stereocenters. The highest BCUT2D eigenvalue weighted by atomic mass is 32.2. The number of carbonyl (C=O) groups excluding carboxylic acids is 1. The third kappa shape index (κ3) is 3.85. The van der Waals surface area contributed by atoms with Crippen LogP contribution < -0.4 is 11.0 Å². The molecule has 1 aromatic carbocycles. The van der Waals surface area contributed by atoms with Crippen LogP contribution >= 0.6 is 11.8 Å². The highest BCUT2D eigenvalue weighted by Crippen LogP contribution is 2.37. The first-order valence-corrected chi connectivity index (χ1v) is 8.72. The molecule has 1 heterocycles. The maximum atomic E-state index is 12.4. The maximum absolute atomic E-state index is 12.4. The van der Waals surface area contributed by atoms with Crippen LogP contribution in [0.5, 0.6) is 0 Å². The molecule has 6 nitrogen and oxygen atoms in total. The van der Waals surface area contributed by atoms with Crippen molar-refractivity contribution in [2.24, 2.45) is 0 Å². The summed E-state index contributed by atoms with van der Waals surface area (Å²) in [6, 6.07) is 10.1. The molecule has 1 aliphatic carbocycles. The van der Waals surface area contributed by atoms with Gasteiger partial charge in [-0.05, 0) is 24.8 Å². The fourth-order valence-electron chi connectivity index (χ4n) is 2.38. The van der Waals surface area contributed by atoms with Gasteiger partial charge in [0.2, 0.25) is 5.91 Å². The Hall–Kier alpha value is -2.02. The summed E-state index contributed by atoms with van der Waals surface area (Å²) in [5, 5.41) is 9.87. The number of hydrogen-bond acceptors (Lipinski definition) is 4. The first-order valence-electron chi connectivity index (χ1n) is 7.84. The van der Waals surface area contributed by atoms with Crippen molar-refractivity contribution < 1.29 is 4.79 Å². The first-order chi connectivity index (χ1) is 11.2. The van der Waals surface area contributed by atoms with E-state index in [1.807, 2.05) is 37.3 Å². The number of nitrogens with zero attached hydrogens (tertiary/aromatic N) is 2. The minimum atomic E-state index is -0.258. The van der Waals surface area contributed by atoms with Gasteiger partial charge < -0.3 is 5.32 Å². The van der Waals surface area contributed by atoms with Crippen LogP contribution in [0, 0.1) is 0 Å². The molecule has 1 saturated carbocycles. The zero-order chi connectivity index (χ0) is 16.2.